The Balaban J connectivity index is 2.17. The van der Waals surface area contributed by atoms with Crippen LogP contribution in [0.5, 0.6) is 0 Å². The third kappa shape index (κ3) is 4.74. The molecule has 0 bridgehead atoms. The molecule has 3 amide bonds. The van der Waals surface area contributed by atoms with Crippen molar-refractivity contribution in [1.82, 2.24) is 25.1 Å². The largest absolute Gasteiger partial charge is 0.350 e. The van der Waals surface area contributed by atoms with E-state index in [2.05, 4.69) is 29.5 Å². The maximum atomic E-state index is 12.2. The lowest BCUT2D eigenvalue weighted by molar-refractivity contribution is 0.0943. The maximum Gasteiger partial charge on any atom is 0.317 e. The second-order valence-electron chi connectivity index (χ2n) is 7.35. The van der Waals surface area contributed by atoms with Crippen LogP contribution in [0.25, 0.3) is 11.0 Å². The molecule has 26 heavy (non-hydrogen) atoms. The predicted octanol–water partition coefficient (Wildman–Crippen LogP) is 2.51. The Morgan fingerprint density at radius 2 is 1.92 bits per heavy atom. The number of benzene rings is 1. The molecule has 0 radical (unpaired) electrons. The van der Waals surface area contributed by atoms with Crippen molar-refractivity contribution in [2.24, 2.45) is 13.0 Å². The van der Waals surface area contributed by atoms with E-state index in [-0.39, 0.29) is 18.0 Å². The van der Waals surface area contributed by atoms with E-state index in [1.54, 1.807) is 24.1 Å². The van der Waals surface area contributed by atoms with Crippen LogP contribution in [0.15, 0.2) is 18.2 Å². The van der Waals surface area contributed by atoms with Crippen LogP contribution in [-0.4, -0.2) is 46.0 Å². The fraction of sp³-hybridized carbons (Fsp3) is 0.526. The quantitative estimate of drug-likeness (QED) is 0.832. The first-order valence-electron chi connectivity index (χ1n) is 8.94. The summed E-state index contributed by atoms with van der Waals surface area (Å²) in [6, 6.07) is 5.43. The van der Waals surface area contributed by atoms with Crippen LogP contribution >= 0.6 is 0 Å². The second-order valence-corrected chi connectivity index (χ2v) is 7.35. The van der Waals surface area contributed by atoms with Crippen LogP contribution in [0, 0.1) is 5.92 Å². The van der Waals surface area contributed by atoms with Gasteiger partial charge in [-0.3, -0.25) is 4.79 Å². The molecule has 142 valence electrons. The molecule has 7 nitrogen and oxygen atoms in total. The first-order valence-corrected chi connectivity index (χ1v) is 8.94. The number of hydrogen-bond acceptors (Lipinski definition) is 3. The van der Waals surface area contributed by atoms with Gasteiger partial charge in [0.05, 0.1) is 17.6 Å². The van der Waals surface area contributed by atoms with Gasteiger partial charge in [-0.05, 0) is 38.0 Å². The third-order valence-electron chi connectivity index (χ3n) is 4.04. The lowest BCUT2D eigenvalue weighted by atomic mass is 10.2. The molecule has 7 heteroatoms. The summed E-state index contributed by atoms with van der Waals surface area (Å²) < 4.78 is 1.95. The first-order chi connectivity index (χ1) is 12.2. The maximum absolute atomic E-state index is 12.2. The average molecular weight is 359 g/mol. The van der Waals surface area contributed by atoms with Gasteiger partial charge in [-0.15, -0.1) is 0 Å². The molecule has 0 aliphatic rings. The Morgan fingerprint density at radius 3 is 2.54 bits per heavy atom. The molecule has 2 N–H and O–H groups in total. The van der Waals surface area contributed by atoms with Crippen molar-refractivity contribution >= 4 is 23.0 Å². The standard InChI is InChI=1S/C19H29N5O2/c1-12(2)10-20-19(26)23(5)11-17-22-15-9-14(18(25)21-13(3)4)7-8-16(15)24(17)6/h7-9,12-13H,10-11H2,1-6H3,(H,20,26)(H,21,25). The normalized spacial score (nSPS) is 11.2. The topological polar surface area (TPSA) is 79.3 Å². The number of amides is 3. The van der Waals surface area contributed by atoms with E-state index in [0.29, 0.717) is 24.6 Å². The van der Waals surface area contributed by atoms with E-state index in [1.807, 2.05) is 31.5 Å². The van der Waals surface area contributed by atoms with Crippen LogP contribution < -0.4 is 10.6 Å². The van der Waals surface area contributed by atoms with Gasteiger partial charge >= 0.3 is 6.03 Å². The molecule has 2 aromatic rings. The molecular formula is C19H29N5O2. The molecule has 0 fully saturated rings. The van der Waals surface area contributed by atoms with E-state index in [4.69, 9.17) is 0 Å². The number of carbonyl (C=O) groups is 2. The van der Waals surface area contributed by atoms with Gasteiger partial charge in [-0.25, -0.2) is 9.78 Å². The van der Waals surface area contributed by atoms with E-state index < -0.39 is 0 Å². The van der Waals surface area contributed by atoms with E-state index >= 15 is 0 Å². The second kappa shape index (κ2) is 8.21. The Morgan fingerprint density at radius 1 is 1.23 bits per heavy atom. The summed E-state index contributed by atoms with van der Waals surface area (Å²) in [4.78, 5) is 30.5. The molecule has 0 saturated carbocycles. The van der Waals surface area contributed by atoms with Crippen LogP contribution in [0.2, 0.25) is 0 Å². The minimum absolute atomic E-state index is 0.0792. The molecule has 1 aromatic carbocycles. The number of aromatic nitrogens is 2. The van der Waals surface area contributed by atoms with Gasteiger partial charge < -0.3 is 20.1 Å². The first kappa shape index (κ1) is 19.8. The van der Waals surface area contributed by atoms with Crippen LogP contribution in [0.4, 0.5) is 4.79 Å². The number of carbonyl (C=O) groups excluding carboxylic acids is 2. The van der Waals surface area contributed by atoms with Gasteiger partial charge in [0.25, 0.3) is 5.91 Å². The molecule has 0 atom stereocenters. The van der Waals surface area contributed by atoms with E-state index in [1.165, 1.54) is 0 Å². The predicted molar refractivity (Wildman–Crippen MR) is 103 cm³/mol. The highest BCUT2D eigenvalue weighted by Gasteiger charge is 2.16. The Kier molecular flexibility index (Phi) is 6.23. The monoisotopic (exact) mass is 359 g/mol. The van der Waals surface area contributed by atoms with Crippen molar-refractivity contribution in [2.45, 2.75) is 40.3 Å². The van der Waals surface area contributed by atoms with Crippen LogP contribution in [0.3, 0.4) is 0 Å². The van der Waals surface area contributed by atoms with Gasteiger partial charge in [-0.2, -0.15) is 0 Å². The molecule has 2 rings (SSSR count). The smallest absolute Gasteiger partial charge is 0.317 e. The Labute approximate surface area is 154 Å². The summed E-state index contributed by atoms with van der Waals surface area (Å²) in [5, 5.41) is 5.78. The highest BCUT2D eigenvalue weighted by Crippen LogP contribution is 2.18. The number of hydrogen-bond donors (Lipinski definition) is 2. The summed E-state index contributed by atoms with van der Waals surface area (Å²) in [5.74, 6) is 1.06. The van der Waals surface area contributed by atoms with Gasteiger partial charge in [0.1, 0.15) is 5.82 Å². The summed E-state index contributed by atoms with van der Waals surface area (Å²) in [7, 11) is 3.66. The highest BCUT2D eigenvalue weighted by molar-refractivity contribution is 5.97. The molecule has 1 aromatic heterocycles. The number of nitrogens with zero attached hydrogens (tertiary/aromatic N) is 3. The van der Waals surface area contributed by atoms with Crippen molar-refractivity contribution in [3.8, 4) is 0 Å². The minimum atomic E-state index is -0.122. The fourth-order valence-electron chi connectivity index (χ4n) is 2.59. The summed E-state index contributed by atoms with van der Waals surface area (Å²) in [5.41, 5.74) is 2.26. The Bertz CT molecular complexity index is 795. The van der Waals surface area contributed by atoms with E-state index in [0.717, 1.165) is 16.9 Å². The number of aryl methyl sites for hydroxylation is 1. The highest BCUT2D eigenvalue weighted by atomic mass is 16.2. The van der Waals surface area contributed by atoms with Crippen molar-refractivity contribution in [1.29, 1.82) is 0 Å². The number of rotatable bonds is 6. The zero-order valence-corrected chi connectivity index (χ0v) is 16.5. The zero-order valence-electron chi connectivity index (χ0n) is 16.5. The molecular weight excluding hydrogens is 330 g/mol. The van der Waals surface area contributed by atoms with Crippen molar-refractivity contribution in [2.75, 3.05) is 13.6 Å². The molecule has 1 heterocycles. The lowest BCUT2D eigenvalue weighted by Crippen LogP contribution is -2.38. The number of urea groups is 1. The van der Waals surface area contributed by atoms with Crippen molar-refractivity contribution in [3.05, 3.63) is 29.6 Å². The summed E-state index contributed by atoms with van der Waals surface area (Å²) in [6.45, 7) is 8.99. The van der Waals surface area contributed by atoms with Gasteiger partial charge in [0.15, 0.2) is 0 Å². The SMILES string of the molecule is CC(C)CNC(=O)N(C)Cc1nc2cc(C(=O)NC(C)C)ccc2n1C. The third-order valence-corrected chi connectivity index (χ3v) is 4.04. The van der Waals surface area contributed by atoms with Crippen molar-refractivity contribution < 1.29 is 9.59 Å². The molecule has 0 spiro atoms. The van der Waals surface area contributed by atoms with Gasteiger partial charge in [-0.1, -0.05) is 13.8 Å². The number of nitrogens with one attached hydrogen (secondary N) is 2. The van der Waals surface area contributed by atoms with Crippen LogP contribution in [0.1, 0.15) is 43.9 Å². The number of fused-ring (bicyclic) bond motifs is 1. The fourth-order valence-corrected chi connectivity index (χ4v) is 2.59. The molecule has 0 aliphatic heterocycles. The zero-order chi connectivity index (χ0) is 19.4. The average Bonchev–Trinajstić information content (AvgIpc) is 2.87. The summed E-state index contributed by atoms with van der Waals surface area (Å²) in [6.07, 6.45) is 0. The van der Waals surface area contributed by atoms with E-state index in [9.17, 15) is 9.59 Å². The number of imidazole rings is 1. The van der Waals surface area contributed by atoms with Gasteiger partial charge in [0, 0.05) is 32.2 Å². The molecule has 0 unspecified atom stereocenters. The van der Waals surface area contributed by atoms with Crippen LogP contribution in [-0.2, 0) is 13.6 Å². The Hall–Kier alpha value is -2.57. The van der Waals surface area contributed by atoms with Gasteiger partial charge in [0.2, 0.25) is 0 Å². The molecule has 0 saturated heterocycles. The lowest BCUT2D eigenvalue weighted by Gasteiger charge is -2.18. The summed E-state index contributed by atoms with van der Waals surface area (Å²) >= 11 is 0. The minimum Gasteiger partial charge on any atom is -0.350 e. The molecule has 0 aliphatic carbocycles. The van der Waals surface area contributed by atoms with Crippen molar-refractivity contribution in [3.63, 3.8) is 0 Å².